The van der Waals surface area contributed by atoms with E-state index in [1.807, 2.05) is 5.32 Å². The second kappa shape index (κ2) is 6.42. The Morgan fingerprint density at radius 2 is 2.19 bits per heavy atom. The zero-order valence-electron chi connectivity index (χ0n) is 13.6. The Bertz CT molecular complexity index is 1030. The lowest BCUT2D eigenvalue weighted by Gasteiger charge is -2.16. The zero-order chi connectivity index (χ0) is 19.1. The SMILES string of the molecule is Cc1cc(-c2sccc2C#N)nc2c(C(=O)NC(C)C(F)(F)F)cnn12. The number of nitriles is 1. The fourth-order valence-electron chi connectivity index (χ4n) is 2.34. The van der Waals surface area contributed by atoms with Gasteiger partial charge in [0.05, 0.1) is 22.3 Å². The first-order valence-corrected chi connectivity index (χ1v) is 8.31. The Labute approximate surface area is 149 Å². The van der Waals surface area contributed by atoms with Gasteiger partial charge in [0.25, 0.3) is 5.91 Å². The van der Waals surface area contributed by atoms with Crippen LogP contribution >= 0.6 is 11.3 Å². The highest BCUT2D eigenvalue weighted by Crippen LogP contribution is 2.29. The summed E-state index contributed by atoms with van der Waals surface area (Å²) >= 11 is 1.31. The lowest BCUT2D eigenvalue weighted by atomic mass is 10.2. The van der Waals surface area contributed by atoms with Gasteiger partial charge in [-0.3, -0.25) is 4.79 Å². The van der Waals surface area contributed by atoms with Crippen molar-refractivity contribution >= 4 is 22.9 Å². The van der Waals surface area contributed by atoms with E-state index in [0.717, 1.165) is 6.92 Å². The summed E-state index contributed by atoms with van der Waals surface area (Å²) in [5.74, 6) is -0.916. The second-order valence-electron chi connectivity index (χ2n) is 5.59. The van der Waals surface area contributed by atoms with Gasteiger partial charge in [-0.1, -0.05) is 0 Å². The summed E-state index contributed by atoms with van der Waals surface area (Å²) < 4.78 is 39.4. The van der Waals surface area contributed by atoms with E-state index in [-0.39, 0.29) is 11.2 Å². The van der Waals surface area contributed by atoms with Crippen LogP contribution in [0.5, 0.6) is 0 Å². The van der Waals surface area contributed by atoms with E-state index in [1.54, 1.807) is 24.4 Å². The van der Waals surface area contributed by atoms with Crippen LogP contribution in [-0.4, -0.2) is 32.7 Å². The molecule has 0 aromatic carbocycles. The third kappa shape index (κ3) is 3.13. The van der Waals surface area contributed by atoms with Crippen LogP contribution in [-0.2, 0) is 0 Å². The van der Waals surface area contributed by atoms with E-state index in [0.29, 0.717) is 21.8 Å². The Kier molecular flexibility index (Phi) is 4.41. The summed E-state index contributed by atoms with van der Waals surface area (Å²) in [6.45, 7) is 2.59. The Morgan fingerprint density at radius 3 is 2.85 bits per heavy atom. The normalized spacial score (nSPS) is 12.8. The highest BCUT2D eigenvalue weighted by atomic mass is 32.1. The molecule has 1 atom stereocenters. The number of nitrogens with one attached hydrogen (secondary N) is 1. The molecule has 0 radical (unpaired) electrons. The molecule has 3 heterocycles. The average Bonchev–Trinajstić information content (AvgIpc) is 3.20. The van der Waals surface area contributed by atoms with E-state index in [1.165, 1.54) is 22.0 Å². The smallest absolute Gasteiger partial charge is 0.340 e. The fraction of sp³-hybridized carbons (Fsp3) is 0.250. The van der Waals surface area contributed by atoms with Crippen LogP contribution in [0.15, 0.2) is 23.7 Å². The second-order valence-corrected chi connectivity index (χ2v) is 6.50. The number of halogens is 3. The van der Waals surface area contributed by atoms with Crippen molar-refractivity contribution in [1.29, 1.82) is 5.26 Å². The maximum absolute atomic E-state index is 12.7. The average molecular weight is 379 g/mol. The number of amides is 1. The van der Waals surface area contributed by atoms with Gasteiger partial charge in [0.2, 0.25) is 0 Å². The van der Waals surface area contributed by atoms with E-state index < -0.39 is 18.1 Å². The highest BCUT2D eigenvalue weighted by molar-refractivity contribution is 7.13. The van der Waals surface area contributed by atoms with Crippen LogP contribution in [0.1, 0.15) is 28.5 Å². The number of carbonyl (C=O) groups excluding carboxylic acids is 1. The maximum Gasteiger partial charge on any atom is 0.408 e. The number of nitrogens with zero attached hydrogens (tertiary/aromatic N) is 4. The van der Waals surface area contributed by atoms with E-state index in [9.17, 15) is 23.2 Å². The maximum atomic E-state index is 12.7. The van der Waals surface area contributed by atoms with Gasteiger partial charge in [-0.25, -0.2) is 9.50 Å². The van der Waals surface area contributed by atoms with Crippen molar-refractivity contribution in [3.05, 3.63) is 40.5 Å². The van der Waals surface area contributed by atoms with Crippen LogP contribution in [0.25, 0.3) is 16.2 Å². The van der Waals surface area contributed by atoms with Crippen LogP contribution in [0, 0.1) is 18.3 Å². The lowest BCUT2D eigenvalue weighted by Crippen LogP contribution is -2.43. The molecule has 134 valence electrons. The number of fused-ring (bicyclic) bond motifs is 1. The van der Waals surface area contributed by atoms with Gasteiger partial charge in [-0.05, 0) is 31.4 Å². The summed E-state index contributed by atoms with van der Waals surface area (Å²) in [6, 6.07) is 3.41. The van der Waals surface area contributed by atoms with Gasteiger partial charge in [0.1, 0.15) is 17.7 Å². The quantitative estimate of drug-likeness (QED) is 0.757. The molecule has 6 nitrogen and oxygen atoms in total. The number of hydrogen-bond donors (Lipinski definition) is 1. The monoisotopic (exact) mass is 379 g/mol. The number of alkyl halides is 3. The molecular weight excluding hydrogens is 367 g/mol. The van der Waals surface area contributed by atoms with Gasteiger partial charge < -0.3 is 5.32 Å². The first-order chi connectivity index (χ1) is 12.2. The van der Waals surface area contributed by atoms with Crippen molar-refractivity contribution in [2.24, 2.45) is 0 Å². The van der Waals surface area contributed by atoms with Gasteiger partial charge >= 0.3 is 6.18 Å². The molecule has 0 spiro atoms. The summed E-state index contributed by atoms with van der Waals surface area (Å²) in [4.78, 5) is 17.2. The number of carbonyl (C=O) groups is 1. The van der Waals surface area contributed by atoms with Crippen LogP contribution in [0.4, 0.5) is 13.2 Å². The van der Waals surface area contributed by atoms with Gasteiger partial charge in [0.15, 0.2) is 5.65 Å². The predicted octanol–water partition coefficient (Wildman–Crippen LogP) is 3.32. The molecule has 0 aliphatic carbocycles. The van der Waals surface area contributed by atoms with Crippen molar-refractivity contribution in [2.45, 2.75) is 26.1 Å². The molecule has 3 aromatic heterocycles. The minimum Gasteiger partial charge on any atom is -0.340 e. The first-order valence-electron chi connectivity index (χ1n) is 7.43. The fourth-order valence-corrected chi connectivity index (χ4v) is 3.15. The molecule has 0 fully saturated rings. The van der Waals surface area contributed by atoms with Gasteiger partial charge in [-0.15, -0.1) is 11.3 Å². The van der Waals surface area contributed by atoms with Crippen molar-refractivity contribution in [1.82, 2.24) is 19.9 Å². The Balaban J connectivity index is 2.06. The molecule has 3 aromatic rings. The minimum absolute atomic E-state index is 0.0684. The van der Waals surface area contributed by atoms with Crippen molar-refractivity contribution < 1.29 is 18.0 Å². The third-order valence-electron chi connectivity index (χ3n) is 3.75. The minimum atomic E-state index is -4.55. The molecule has 1 N–H and O–H groups in total. The standard InChI is InChI=1S/C16H12F3N5OS/c1-8-5-12(13-10(6-20)3-4-26-13)23-14-11(7-21-24(8)14)15(25)22-9(2)16(17,18)19/h3-5,7,9H,1-2H3,(H,22,25). The number of thiophene rings is 1. The van der Waals surface area contributed by atoms with Crippen LogP contribution in [0.3, 0.4) is 0 Å². The number of aromatic nitrogens is 3. The van der Waals surface area contributed by atoms with Crippen molar-refractivity contribution in [3.8, 4) is 16.6 Å². The summed E-state index contributed by atoms with van der Waals surface area (Å²) in [6.07, 6.45) is -3.37. The molecule has 1 unspecified atom stereocenters. The van der Waals surface area contributed by atoms with E-state index in [2.05, 4.69) is 16.2 Å². The largest absolute Gasteiger partial charge is 0.408 e. The first kappa shape index (κ1) is 17.9. The molecule has 0 aliphatic rings. The molecule has 1 amide bonds. The molecule has 3 rings (SSSR count). The molecule has 0 bridgehead atoms. The highest BCUT2D eigenvalue weighted by Gasteiger charge is 2.37. The molecular formula is C16H12F3N5OS. The summed E-state index contributed by atoms with van der Waals surface area (Å²) in [7, 11) is 0. The molecule has 0 aliphatic heterocycles. The summed E-state index contributed by atoms with van der Waals surface area (Å²) in [5.41, 5.74) is 1.58. The number of hydrogen-bond acceptors (Lipinski definition) is 5. The Hall–Kier alpha value is -2.93. The predicted molar refractivity (Wildman–Crippen MR) is 88.7 cm³/mol. The summed E-state index contributed by atoms with van der Waals surface area (Å²) in [5, 5.41) is 16.8. The van der Waals surface area contributed by atoms with Crippen LogP contribution in [0.2, 0.25) is 0 Å². The zero-order valence-corrected chi connectivity index (χ0v) is 14.4. The van der Waals surface area contributed by atoms with Gasteiger partial charge in [0, 0.05) is 5.69 Å². The third-order valence-corrected chi connectivity index (χ3v) is 4.69. The van der Waals surface area contributed by atoms with Crippen LogP contribution < -0.4 is 5.32 Å². The molecule has 26 heavy (non-hydrogen) atoms. The van der Waals surface area contributed by atoms with Crippen molar-refractivity contribution in [3.63, 3.8) is 0 Å². The lowest BCUT2D eigenvalue weighted by molar-refractivity contribution is -0.149. The molecule has 0 saturated carbocycles. The molecule has 0 saturated heterocycles. The van der Waals surface area contributed by atoms with Crippen molar-refractivity contribution in [2.75, 3.05) is 0 Å². The number of aryl methyl sites for hydroxylation is 1. The number of rotatable bonds is 3. The van der Waals surface area contributed by atoms with E-state index in [4.69, 9.17) is 0 Å². The molecule has 10 heteroatoms. The van der Waals surface area contributed by atoms with E-state index >= 15 is 0 Å². The Morgan fingerprint density at radius 1 is 1.46 bits per heavy atom. The van der Waals surface area contributed by atoms with Gasteiger partial charge in [-0.2, -0.15) is 23.5 Å². The topological polar surface area (TPSA) is 83.1 Å².